The minimum atomic E-state index is -0.00856. The average Bonchev–Trinajstić information content (AvgIpc) is 3.06. The van der Waals surface area contributed by atoms with Crippen LogP contribution in [-0.4, -0.2) is 5.97 Å². The van der Waals surface area contributed by atoms with E-state index in [1.807, 2.05) is 31.2 Å². The fourth-order valence-electron chi connectivity index (χ4n) is 3.13. The van der Waals surface area contributed by atoms with Crippen molar-refractivity contribution >= 4 is 5.97 Å². The van der Waals surface area contributed by atoms with Crippen LogP contribution in [0.4, 0.5) is 0 Å². The standard InChI is InChI=1S/C15H18O2/c1-10-6-8-11(9-7-10)17-15(16)14-12-4-2-3-5-13(12)14/h6-9,12-14H,2-5H2,1H3/t12-,13+,14?. The molecule has 3 atom stereocenters. The van der Waals surface area contributed by atoms with E-state index in [0.717, 1.165) is 0 Å². The van der Waals surface area contributed by atoms with Gasteiger partial charge in [-0.3, -0.25) is 4.79 Å². The van der Waals surface area contributed by atoms with Gasteiger partial charge in [-0.1, -0.05) is 30.5 Å². The lowest BCUT2D eigenvalue weighted by Crippen LogP contribution is -2.12. The highest BCUT2D eigenvalue weighted by atomic mass is 16.5. The van der Waals surface area contributed by atoms with Crippen molar-refractivity contribution in [2.24, 2.45) is 17.8 Å². The Hall–Kier alpha value is -1.31. The van der Waals surface area contributed by atoms with E-state index < -0.39 is 0 Å². The molecule has 2 nitrogen and oxygen atoms in total. The molecule has 1 aromatic carbocycles. The first-order valence-electron chi connectivity index (χ1n) is 6.54. The highest BCUT2D eigenvalue weighted by Crippen LogP contribution is 2.55. The van der Waals surface area contributed by atoms with Gasteiger partial charge in [-0.05, 0) is 43.7 Å². The largest absolute Gasteiger partial charge is 0.426 e. The third kappa shape index (κ3) is 2.08. The van der Waals surface area contributed by atoms with Gasteiger partial charge in [-0.25, -0.2) is 0 Å². The summed E-state index contributed by atoms with van der Waals surface area (Å²) in [6.45, 7) is 2.03. The molecule has 0 bridgehead atoms. The summed E-state index contributed by atoms with van der Waals surface area (Å²) in [5.41, 5.74) is 1.19. The first-order chi connectivity index (χ1) is 8.25. The van der Waals surface area contributed by atoms with Gasteiger partial charge in [0.1, 0.15) is 5.75 Å². The van der Waals surface area contributed by atoms with Gasteiger partial charge < -0.3 is 4.74 Å². The van der Waals surface area contributed by atoms with Crippen LogP contribution in [0.1, 0.15) is 31.2 Å². The molecule has 1 aromatic rings. The number of carbonyl (C=O) groups excluding carboxylic acids is 1. The maximum atomic E-state index is 12.0. The average molecular weight is 230 g/mol. The molecule has 0 aromatic heterocycles. The van der Waals surface area contributed by atoms with E-state index in [1.54, 1.807) is 0 Å². The van der Waals surface area contributed by atoms with Crippen LogP contribution in [0.25, 0.3) is 0 Å². The predicted molar refractivity (Wildman–Crippen MR) is 65.8 cm³/mol. The van der Waals surface area contributed by atoms with Gasteiger partial charge in [0.25, 0.3) is 0 Å². The van der Waals surface area contributed by atoms with E-state index in [1.165, 1.54) is 31.2 Å². The zero-order valence-electron chi connectivity index (χ0n) is 10.2. The second kappa shape index (κ2) is 4.17. The molecule has 90 valence electrons. The minimum Gasteiger partial charge on any atom is -0.426 e. The number of carbonyl (C=O) groups is 1. The molecule has 0 heterocycles. The van der Waals surface area contributed by atoms with E-state index in [2.05, 4.69) is 0 Å². The van der Waals surface area contributed by atoms with Crippen LogP contribution in [0.3, 0.4) is 0 Å². The minimum absolute atomic E-state index is 0.00856. The molecule has 2 fully saturated rings. The van der Waals surface area contributed by atoms with Gasteiger partial charge in [0, 0.05) is 0 Å². The van der Waals surface area contributed by atoms with E-state index in [9.17, 15) is 4.79 Å². The highest BCUT2D eigenvalue weighted by molar-refractivity contribution is 5.79. The molecule has 0 saturated heterocycles. The Balaban J connectivity index is 1.62. The van der Waals surface area contributed by atoms with Crippen LogP contribution in [0.5, 0.6) is 5.75 Å². The first kappa shape index (κ1) is 10.8. The number of fused-ring (bicyclic) bond motifs is 1. The van der Waals surface area contributed by atoms with E-state index >= 15 is 0 Å². The van der Waals surface area contributed by atoms with Crippen LogP contribution < -0.4 is 4.74 Å². The maximum Gasteiger partial charge on any atom is 0.314 e. The summed E-state index contributed by atoms with van der Waals surface area (Å²) in [4.78, 5) is 12.0. The SMILES string of the molecule is Cc1ccc(OC(=O)C2[C@H]3CCCC[C@@H]23)cc1. The van der Waals surface area contributed by atoms with Gasteiger partial charge in [0.05, 0.1) is 5.92 Å². The van der Waals surface area contributed by atoms with Crippen LogP contribution in [0, 0.1) is 24.7 Å². The molecule has 0 N–H and O–H groups in total. The number of rotatable bonds is 2. The number of esters is 1. The molecular weight excluding hydrogens is 212 g/mol. The van der Waals surface area contributed by atoms with Crippen molar-refractivity contribution in [3.63, 3.8) is 0 Å². The molecule has 2 aliphatic rings. The lowest BCUT2D eigenvalue weighted by Gasteiger charge is -2.04. The third-order valence-corrected chi connectivity index (χ3v) is 4.17. The Kier molecular flexibility index (Phi) is 2.65. The molecule has 0 radical (unpaired) electrons. The zero-order valence-corrected chi connectivity index (χ0v) is 10.2. The lowest BCUT2D eigenvalue weighted by molar-refractivity contribution is -0.136. The molecular formula is C15H18O2. The van der Waals surface area contributed by atoms with Crippen molar-refractivity contribution < 1.29 is 9.53 Å². The molecule has 2 aliphatic carbocycles. The number of hydrogen-bond donors (Lipinski definition) is 0. The summed E-state index contributed by atoms with van der Waals surface area (Å²) in [6, 6.07) is 7.70. The highest BCUT2D eigenvalue weighted by Gasteiger charge is 2.55. The summed E-state index contributed by atoms with van der Waals surface area (Å²) < 4.78 is 5.45. The quantitative estimate of drug-likeness (QED) is 0.575. The van der Waals surface area contributed by atoms with E-state index in [0.29, 0.717) is 17.6 Å². The van der Waals surface area contributed by atoms with Gasteiger partial charge in [0.15, 0.2) is 0 Å². The Labute approximate surface area is 102 Å². The zero-order chi connectivity index (χ0) is 11.8. The molecule has 2 saturated carbocycles. The Morgan fingerprint density at radius 2 is 1.71 bits per heavy atom. The smallest absolute Gasteiger partial charge is 0.314 e. The topological polar surface area (TPSA) is 26.3 Å². The summed E-state index contributed by atoms with van der Waals surface area (Å²) in [5, 5.41) is 0. The number of hydrogen-bond acceptors (Lipinski definition) is 2. The van der Waals surface area contributed by atoms with Gasteiger partial charge >= 0.3 is 5.97 Å². The molecule has 17 heavy (non-hydrogen) atoms. The third-order valence-electron chi connectivity index (χ3n) is 4.17. The molecule has 3 rings (SSSR count). The van der Waals surface area contributed by atoms with Crippen molar-refractivity contribution in [2.45, 2.75) is 32.6 Å². The van der Waals surface area contributed by atoms with Crippen molar-refractivity contribution in [2.75, 3.05) is 0 Å². The van der Waals surface area contributed by atoms with Crippen LogP contribution >= 0.6 is 0 Å². The van der Waals surface area contributed by atoms with Crippen molar-refractivity contribution in [1.82, 2.24) is 0 Å². The van der Waals surface area contributed by atoms with Crippen LogP contribution in [0.2, 0.25) is 0 Å². The molecule has 0 aliphatic heterocycles. The Morgan fingerprint density at radius 3 is 2.29 bits per heavy atom. The monoisotopic (exact) mass is 230 g/mol. The van der Waals surface area contributed by atoms with Gasteiger partial charge in [-0.15, -0.1) is 0 Å². The molecule has 1 unspecified atom stereocenters. The van der Waals surface area contributed by atoms with Crippen molar-refractivity contribution in [3.05, 3.63) is 29.8 Å². The fourth-order valence-corrected chi connectivity index (χ4v) is 3.13. The van der Waals surface area contributed by atoms with Crippen molar-refractivity contribution in [1.29, 1.82) is 0 Å². The lowest BCUT2D eigenvalue weighted by atomic mass is 10.0. The molecule has 0 spiro atoms. The number of aryl methyl sites for hydroxylation is 1. The Morgan fingerprint density at radius 1 is 1.12 bits per heavy atom. The summed E-state index contributed by atoms with van der Waals surface area (Å²) in [7, 11) is 0. The molecule has 0 amide bonds. The summed E-state index contributed by atoms with van der Waals surface area (Å²) in [6.07, 6.45) is 5.02. The number of benzene rings is 1. The van der Waals surface area contributed by atoms with E-state index in [4.69, 9.17) is 4.74 Å². The normalized spacial score (nSPS) is 30.5. The second-order valence-electron chi connectivity index (χ2n) is 5.37. The van der Waals surface area contributed by atoms with Crippen LogP contribution in [0.15, 0.2) is 24.3 Å². The first-order valence-corrected chi connectivity index (χ1v) is 6.54. The van der Waals surface area contributed by atoms with Crippen molar-refractivity contribution in [3.8, 4) is 5.75 Å². The fraction of sp³-hybridized carbons (Fsp3) is 0.533. The molecule has 2 heteroatoms. The summed E-state index contributed by atoms with van der Waals surface area (Å²) in [5.74, 6) is 2.12. The second-order valence-corrected chi connectivity index (χ2v) is 5.37. The predicted octanol–water partition coefficient (Wildman–Crippen LogP) is 3.34. The van der Waals surface area contributed by atoms with Gasteiger partial charge in [-0.2, -0.15) is 0 Å². The van der Waals surface area contributed by atoms with Gasteiger partial charge in [0.2, 0.25) is 0 Å². The van der Waals surface area contributed by atoms with E-state index in [-0.39, 0.29) is 11.9 Å². The van der Waals surface area contributed by atoms with Crippen LogP contribution in [-0.2, 0) is 4.79 Å². The summed E-state index contributed by atoms with van der Waals surface area (Å²) >= 11 is 0. The maximum absolute atomic E-state index is 12.0. The Bertz CT molecular complexity index is 409. The number of ether oxygens (including phenoxy) is 1.